The van der Waals surface area contributed by atoms with Crippen LogP contribution in [0.2, 0.25) is 0 Å². The van der Waals surface area contributed by atoms with E-state index in [9.17, 15) is 0 Å². The highest BCUT2D eigenvalue weighted by Gasteiger charge is 2.06. The van der Waals surface area contributed by atoms with Gasteiger partial charge >= 0.3 is 0 Å². The van der Waals surface area contributed by atoms with Crippen LogP contribution in [0.1, 0.15) is 38.5 Å². The first-order valence-corrected chi connectivity index (χ1v) is 7.02. The third-order valence-corrected chi connectivity index (χ3v) is 3.48. The maximum atomic E-state index is 4.35. The molecular weight excluding hydrogens is 218 g/mol. The molecule has 0 saturated heterocycles. The van der Waals surface area contributed by atoms with E-state index in [4.69, 9.17) is 0 Å². The highest BCUT2D eigenvalue weighted by atomic mass is 32.1. The lowest BCUT2D eigenvalue weighted by molar-refractivity contribution is 0.277. The molecule has 0 saturated carbocycles. The zero-order valence-corrected chi connectivity index (χ0v) is 11.4. The predicted molar refractivity (Wildman–Crippen MR) is 72.1 cm³/mol. The first-order valence-electron chi connectivity index (χ1n) is 6.21. The smallest absolute Gasteiger partial charge is 0.182 e. The van der Waals surface area contributed by atoms with Crippen LogP contribution in [0.25, 0.3) is 0 Å². The van der Waals surface area contributed by atoms with Crippen LogP contribution >= 0.6 is 11.3 Å². The molecule has 0 fully saturated rings. The molecule has 16 heavy (non-hydrogen) atoms. The monoisotopic (exact) mass is 241 g/mol. The fourth-order valence-corrected chi connectivity index (χ4v) is 2.49. The van der Waals surface area contributed by atoms with Gasteiger partial charge < -0.3 is 5.32 Å². The van der Waals surface area contributed by atoms with Gasteiger partial charge in [0.1, 0.15) is 0 Å². The Morgan fingerprint density at radius 3 is 2.81 bits per heavy atom. The van der Waals surface area contributed by atoms with Crippen molar-refractivity contribution < 1.29 is 0 Å². The zero-order valence-electron chi connectivity index (χ0n) is 10.6. The van der Waals surface area contributed by atoms with Crippen LogP contribution in [0.3, 0.4) is 0 Å². The highest BCUT2D eigenvalue weighted by Crippen LogP contribution is 2.19. The first-order chi connectivity index (χ1) is 7.80. The minimum atomic E-state index is 0.945. The zero-order chi connectivity index (χ0) is 11.8. The number of hydrogen-bond acceptors (Lipinski definition) is 4. The third kappa shape index (κ3) is 4.49. The van der Waals surface area contributed by atoms with Crippen LogP contribution < -0.4 is 5.32 Å². The highest BCUT2D eigenvalue weighted by molar-refractivity contribution is 7.15. The summed E-state index contributed by atoms with van der Waals surface area (Å²) in [6, 6.07) is 0. The number of nitrogens with zero attached hydrogens (tertiary/aromatic N) is 2. The molecule has 0 unspecified atom stereocenters. The van der Waals surface area contributed by atoms with Gasteiger partial charge in [-0.15, -0.1) is 11.3 Å². The van der Waals surface area contributed by atoms with Crippen molar-refractivity contribution in [3.63, 3.8) is 0 Å². The Morgan fingerprint density at radius 1 is 1.38 bits per heavy atom. The van der Waals surface area contributed by atoms with Crippen LogP contribution in [0, 0.1) is 0 Å². The van der Waals surface area contributed by atoms with Crippen LogP contribution in [-0.2, 0) is 6.54 Å². The van der Waals surface area contributed by atoms with Crippen molar-refractivity contribution in [2.45, 2.75) is 40.2 Å². The quantitative estimate of drug-likeness (QED) is 0.757. The fourth-order valence-electron chi connectivity index (χ4n) is 1.56. The maximum Gasteiger partial charge on any atom is 0.182 e. The summed E-state index contributed by atoms with van der Waals surface area (Å²) in [5, 5.41) is 4.30. The Bertz CT molecular complexity index is 286. The number of nitrogens with one attached hydrogen (secondary N) is 1. The van der Waals surface area contributed by atoms with Crippen LogP contribution in [0.15, 0.2) is 6.20 Å². The summed E-state index contributed by atoms with van der Waals surface area (Å²) in [6.45, 7) is 10.9. The van der Waals surface area contributed by atoms with E-state index in [1.54, 1.807) is 11.3 Å². The normalized spacial score (nSPS) is 11.0. The molecule has 92 valence electrons. The van der Waals surface area contributed by atoms with E-state index in [1.165, 1.54) is 24.3 Å². The molecule has 1 heterocycles. The number of rotatable bonds is 8. The van der Waals surface area contributed by atoms with Crippen LogP contribution in [0.5, 0.6) is 0 Å². The topological polar surface area (TPSA) is 28.2 Å². The molecule has 1 aromatic rings. The summed E-state index contributed by atoms with van der Waals surface area (Å²) >= 11 is 1.77. The fraction of sp³-hybridized carbons (Fsp3) is 0.750. The number of thiazole rings is 1. The largest absolute Gasteiger partial charge is 0.362 e. The Balaban J connectivity index is 2.43. The molecule has 1 rings (SSSR count). The molecule has 0 aliphatic carbocycles. The standard InChI is InChI=1S/C12H23N3S/c1-4-7-8-15(6-3)10-11-9-14-12(16-11)13-5-2/h9H,4-8,10H2,1-3H3,(H,13,14). The first kappa shape index (κ1) is 13.5. The van der Waals surface area contributed by atoms with Gasteiger partial charge in [-0.3, -0.25) is 4.90 Å². The Morgan fingerprint density at radius 2 is 2.19 bits per heavy atom. The average molecular weight is 241 g/mol. The molecule has 0 atom stereocenters. The molecular formula is C12H23N3S. The summed E-state index contributed by atoms with van der Waals surface area (Å²) < 4.78 is 0. The number of unbranched alkanes of at least 4 members (excludes halogenated alkanes) is 1. The number of aromatic nitrogens is 1. The lowest BCUT2D eigenvalue weighted by atomic mass is 10.3. The summed E-state index contributed by atoms with van der Waals surface area (Å²) in [7, 11) is 0. The Labute approximate surface area is 103 Å². The van der Waals surface area contributed by atoms with Crippen molar-refractivity contribution in [3.8, 4) is 0 Å². The minimum absolute atomic E-state index is 0.945. The Kier molecular flexibility index (Phi) is 6.42. The predicted octanol–water partition coefficient (Wildman–Crippen LogP) is 3.20. The summed E-state index contributed by atoms with van der Waals surface area (Å²) in [4.78, 5) is 8.19. The van der Waals surface area contributed by atoms with Gasteiger partial charge in [0.2, 0.25) is 0 Å². The molecule has 0 bridgehead atoms. The molecule has 0 aromatic carbocycles. The van der Waals surface area contributed by atoms with Crippen LogP contribution in [-0.4, -0.2) is 29.5 Å². The van der Waals surface area contributed by atoms with E-state index >= 15 is 0 Å². The van der Waals surface area contributed by atoms with E-state index < -0.39 is 0 Å². The second-order valence-electron chi connectivity index (χ2n) is 3.88. The van der Waals surface area contributed by atoms with E-state index in [0.717, 1.165) is 24.8 Å². The third-order valence-electron chi connectivity index (χ3n) is 2.54. The molecule has 0 aliphatic heterocycles. The second kappa shape index (κ2) is 7.63. The average Bonchev–Trinajstić information content (AvgIpc) is 2.72. The maximum absolute atomic E-state index is 4.35. The molecule has 0 amide bonds. The summed E-state index contributed by atoms with van der Waals surface area (Å²) in [5.41, 5.74) is 0. The van der Waals surface area contributed by atoms with Crippen LogP contribution in [0.4, 0.5) is 5.13 Å². The molecule has 4 heteroatoms. The summed E-state index contributed by atoms with van der Waals surface area (Å²) in [6.07, 6.45) is 4.55. The summed E-state index contributed by atoms with van der Waals surface area (Å²) in [5.74, 6) is 0. The lowest BCUT2D eigenvalue weighted by Gasteiger charge is -2.18. The van der Waals surface area contributed by atoms with Crippen molar-refractivity contribution in [3.05, 3.63) is 11.1 Å². The van der Waals surface area contributed by atoms with Gasteiger partial charge in [0.05, 0.1) is 0 Å². The van der Waals surface area contributed by atoms with Gasteiger partial charge in [-0.25, -0.2) is 4.98 Å². The molecule has 0 aliphatic rings. The molecule has 1 N–H and O–H groups in total. The van der Waals surface area contributed by atoms with Crippen molar-refractivity contribution >= 4 is 16.5 Å². The SMILES string of the molecule is CCCCN(CC)Cc1cnc(NCC)s1. The molecule has 1 aromatic heterocycles. The van der Waals surface area contributed by atoms with Crippen molar-refractivity contribution in [2.24, 2.45) is 0 Å². The van der Waals surface area contributed by atoms with Crippen molar-refractivity contribution in [1.82, 2.24) is 9.88 Å². The van der Waals surface area contributed by atoms with Gasteiger partial charge in [-0.2, -0.15) is 0 Å². The van der Waals surface area contributed by atoms with E-state index in [0.29, 0.717) is 0 Å². The van der Waals surface area contributed by atoms with E-state index in [1.807, 2.05) is 6.20 Å². The lowest BCUT2D eigenvalue weighted by Crippen LogP contribution is -2.23. The molecule has 3 nitrogen and oxygen atoms in total. The van der Waals surface area contributed by atoms with Gasteiger partial charge in [0.15, 0.2) is 5.13 Å². The molecule has 0 radical (unpaired) electrons. The molecule has 0 spiro atoms. The van der Waals surface area contributed by atoms with Gasteiger partial charge in [0.25, 0.3) is 0 Å². The number of hydrogen-bond donors (Lipinski definition) is 1. The van der Waals surface area contributed by atoms with Gasteiger partial charge in [-0.1, -0.05) is 20.3 Å². The van der Waals surface area contributed by atoms with Gasteiger partial charge in [0, 0.05) is 24.2 Å². The van der Waals surface area contributed by atoms with Crippen molar-refractivity contribution in [2.75, 3.05) is 25.0 Å². The second-order valence-corrected chi connectivity index (χ2v) is 5.00. The van der Waals surface area contributed by atoms with Crippen molar-refractivity contribution in [1.29, 1.82) is 0 Å². The minimum Gasteiger partial charge on any atom is -0.362 e. The van der Waals surface area contributed by atoms with E-state index in [2.05, 4.69) is 36.0 Å². The van der Waals surface area contributed by atoms with Gasteiger partial charge in [-0.05, 0) is 26.4 Å². The number of anilines is 1. The van der Waals surface area contributed by atoms with E-state index in [-0.39, 0.29) is 0 Å². The Hall–Kier alpha value is -0.610.